The van der Waals surface area contributed by atoms with E-state index in [4.69, 9.17) is 0 Å². The van der Waals surface area contributed by atoms with Crippen molar-refractivity contribution in [1.82, 2.24) is 14.4 Å². The lowest BCUT2D eigenvalue weighted by Crippen LogP contribution is -2.04. The minimum Gasteiger partial charge on any atom is -0.291 e. The fourth-order valence-electron chi connectivity index (χ4n) is 1.10. The molecule has 2 aromatic rings. The van der Waals surface area contributed by atoms with E-state index in [0.29, 0.717) is 16.8 Å². The van der Waals surface area contributed by atoms with Gasteiger partial charge in [-0.15, -0.1) is 0 Å². The molecular formula is C8H6BrN3O. The molecule has 0 aliphatic heterocycles. The van der Waals surface area contributed by atoms with Gasteiger partial charge in [-0.1, -0.05) is 15.9 Å². The van der Waals surface area contributed by atoms with Gasteiger partial charge in [0, 0.05) is 12.4 Å². The second-order valence-electron chi connectivity index (χ2n) is 2.49. The molecule has 0 bridgehead atoms. The zero-order valence-corrected chi connectivity index (χ0v) is 8.23. The van der Waals surface area contributed by atoms with Crippen LogP contribution < -0.4 is 0 Å². The Morgan fingerprint density at radius 3 is 3.15 bits per heavy atom. The number of alkyl halides is 1. The number of ketones is 1. The van der Waals surface area contributed by atoms with Gasteiger partial charge >= 0.3 is 0 Å². The van der Waals surface area contributed by atoms with E-state index in [1.54, 1.807) is 22.9 Å². The van der Waals surface area contributed by atoms with E-state index in [1.165, 1.54) is 6.20 Å². The Hall–Kier alpha value is -1.23. The van der Waals surface area contributed by atoms with Crippen LogP contribution >= 0.6 is 15.9 Å². The van der Waals surface area contributed by atoms with Crippen LogP contribution in [0.5, 0.6) is 0 Å². The molecule has 13 heavy (non-hydrogen) atoms. The van der Waals surface area contributed by atoms with Crippen molar-refractivity contribution in [3.05, 3.63) is 30.4 Å². The molecule has 0 atom stereocenters. The highest BCUT2D eigenvalue weighted by molar-refractivity contribution is 9.09. The van der Waals surface area contributed by atoms with Crippen LogP contribution in [0.4, 0.5) is 0 Å². The van der Waals surface area contributed by atoms with Gasteiger partial charge in [-0.05, 0) is 6.07 Å². The summed E-state index contributed by atoms with van der Waals surface area (Å²) in [7, 11) is 0. The Kier molecular flexibility index (Phi) is 2.10. The summed E-state index contributed by atoms with van der Waals surface area (Å²) in [4.78, 5) is 19.4. The molecule has 2 rings (SSSR count). The number of carbonyl (C=O) groups excluding carboxylic acids is 1. The summed E-state index contributed by atoms with van der Waals surface area (Å²) in [6, 6.07) is 1.76. The van der Waals surface area contributed by atoms with Crippen molar-refractivity contribution in [2.45, 2.75) is 0 Å². The topological polar surface area (TPSA) is 47.3 Å². The zero-order chi connectivity index (χ0) is 9.26. The van der Waals surface area contributed by atoms with E-state index in [2.05, 4.69) is 25.9 Å². The van der Waals surface area contributed by atoms with Crippen LogP contribution in [0, 0.1) is 0 Å². The van der Waals surface area contributed by atoms with Gasteiger partial charge in [0.1, 0.15) is 5.69 Å². The fourth-order valence-corrected chi connectivity index (χ4v) is 1.39. The van der Waals surface area contributed by atoms with Gasteiger partial charge in [0.25, 0.3) is 0 Å². The largest absolute Gasteiger partial charge is 0.291 e. The van der Waals surface area contributed by atoms with Gasteiger partial charge in [0.05, 0.1) is 11.5 Å². The van der Waals surface area contributed by atoms with E-state index in [9.17, 15) is 4.79 Å². The fraction of sp³-hybridized carbons (Fsp3) is 0.125. The summed E-state index contributed by atoms with van der Waals surface area (Å²) in [5.74, 6) is 0.548. The second-order valence-corrected chi connectivity index (χ2v) is 3.05. The lowest BCUT2D eigenvalue weighted by molar-refractivity contribution is 0.101. The number of Topliss-reactive ketones (excluding diaryl/α,β-unsaturated/α-hetero) is 1. The zero-order valence-electron chi connectivity index (χ0n) is 6.64. The molecule has 0 aliphatic rings. The van der Waals surface area contributed by atoms with Crippen molar-refractivity contribution < 1.29 is 4.79 Å². The highest BCUT2D eigenvalue weighted by atomic mass is 79.9. The van der Waals surface area contributed by atoms with Crippen molar-refractivity contribution >= 4 is 27.5 Å². The van der Waals surface area contributed by atoms with Gasteiger partial charge in [0.2, 0.25) is 5.78 Å². The van der Waals surface area contributed by atoms with E-state index in [1.807, 2.05) is 0 Å². The third-order valence-corrected chi connectivity index (χ3v) is 2.20. The molecule has 0 N–H and O–H groups in total. The third-order valence-electron chi connectivity index (χ3n) is 1.70. The molecule has 0 saturated carbocycles. The maximum Gasteiger partial charge on any atom is 0.234 e. The Morgan fingerprint density at radius 2 is 2.38 bits per heavy atom. The van der Waals surface area contributed by atoms with Crippen LogP contribution in [0.15, 0.2) is 24.7 Å². The summed E-state index contributed by atoms with van der Waals surface area (Å²) in [5.41, 5.74) is 0.556. The number of fused-ring (bicyclic) bond motifs is 1. The summed E-state index contributed by atoms with van der Waals surface area (Å²) < 4.78 is 1.67. The number of hydrogen-bond acceptors (Lipinski definition) is 3. The molecule has 4 nitrogen and oxygen atoms in total. The first-order valence-electron chi connectivity index (χ1n) is 3.70. The Morgan fingerprint density at radius 1 is 1.54 bits per heavy atom. The monoisotopic (exact) mass is 239 g/mol. The maximum atomic E-state index is 11.4. The first kappa shape index (κ1) is 8.37. The summed E-state index contributed by atoms with van der Waals surface area (Å²) in [5, 5.41) is 0.301. The Balaban J connectivity index is 2.64. The number of rotatable bonds is 2. The van der Waals surface area contributed by atoms with E-state index in [0.717, 1.165) is 0 Å². The quantitative estimate of drug-likeness (QED) is 0.587. The third kappa shape index (κ3) is 1.35. The minimum atomic E-state index is 0.000463. The molecular weight excluding hydrogens is 234 g/mol. The SMILES string of the molecule is O=C(CBr)c1cnc2ncccn12. The molecule has 0 saturated heterocycles. The normalized spacial score (nSPS) is 10.5. The predicted molar refractivity (Wildman–Crippen MR) is 51.1 cm³/mol. The van der Waals surface area contributed by atoms with Gasteiger partial charge in [0.15, 0.2) is 5.78 Å². The summed E-state index contributed by atoms with van der Waals surface area (Å²) in [6.07, 6.45) is 4.95. The number of aromatic nitrogens is 3. The molecule has 0 spiro atoms. The van der Waals surface area contributed by atoms with Crippen molar-refractivity contribution in [3.8, 4) is 0 Å². The first-order chi connectivity index (χ1) is 6.33. The molecule has 66 valence electrons. The summed E-state index contributed by atoms with van der Waals surface area (Å²) in [6.45, 7) is 0. The Bertz CT molecular complexity index is 451. The smallest absolute Gasteiger partial charge is 0.234 e. The molecule has 0 aromatic carbocycles. The highest BCUT2D eigenvalue weighted by Gasteiger charge is 2.09. The van der Waals surface area contributed by atoms with Gasteiger partial charge in [-0.25, -0.2) is 9.97 Å². The van der Waals surface area contributed by atoms with Crippen molar-refractivity contribution in [3.63, 3.8) is 0 Å². The van der Waals surface area contributed by atoms with Crippen LogP contribution in [0.3, 0.4) is 0 Å². The van der Waals surface area contributed by atoms with E-state index < -0.39 is 0 Å². The van der Waals surface area contributed by atoms with Crippen LogP contribution in [-0.4, -0.2) is 25.5 Å². The standard InChI is InChI=1S/C8H6BrN3O/c9-4-7(13)6-5-11-8-10-2-1-3-12(6)8/h1-3,5H,4H2. The number of nitrogens with zero attached hydrogens (tertiary/aromatic N) is 3. The molecule has 2 heterocycles. The average Bonchev–Trinajstić information content (AvgIpc) is 2.60. The molecule has 0 fully saturated rings. The molecule has 0 unspecified atom stereocenters. The van der Waals surface area contributed by atoms with Gasteiger partial charge in [-0.3, -0.25) is 9.20 Å². The van der Waals surface area contributed by atoms with Crippen LogP contribution in [-0.2, 0) is 0 Å². The Labute approximate surface area is 82.7 Å². The van der Waals surface area contributed by atoms with Crippen molar-refractivity contribution in [1.29, 1.82) is 0 Å². The van der Waals surface area contributed by atoms with Crippen LogP contribution in [0.25, 0.3) is 5.78 Å². The van der Waals surface area contributed by atoms with Crippen molar-refractivity contribution in [2.24, 2.45) is 0 Å². The molecule has 0 radical (unpaired) electrons. The first-order valence-corrected chi connectivity index (χ1v) is 4.82. The second kappa shape index (κ2) is 3.26. The lowest BCUT2D eigenvalue weighted by atomic mass is 10.3. The minimum absolute atomic E-state index is 0.000463. The number of carbonyl (C=O) groups is 1. The summed E-state index contributed by atoms with van der Waals surface area (Å²) >= 11 is 3.11. The molecule has 5 heteroatoms. The van der Waals surface area contributed by atoms with E-state index >= 15 is 0 Å². The van der Waals surface area contributed by atoms with Gasteiger partial charge in [-0.2, -0.15) is 0 Å². The van der Waals surface area contributed by atoms with Gasteiger partial charge < -0.3 is 0 Å². The maximum absolute atomic E-state index is 11.4. The number of halogens is 1. The number of imidazole rings is 1. The van der Waals surface area contributed by atoms with E-state index in [-0.39, 0.29) is 5.78 Å². The lowest BCUT2D eigenvalue weighted by Gasteiger charge is -1.95. The predicted octanol–water partition coefficient (Wildman–Crippen LogP) is 1.31. The van der Waals surface area contributed by atoms with Crippen LogP contribution in [0.1, 0.15) is 10.5 Å². The molecule has 0 amide bonds. The number of hydrogen-bond donors (Lipinski definition) is 0. The average molecular weight is 240 g/mol. The van der Waals surface area contributed by atoms with Crippen LogP contribution in [0.2, 0.25) is 0 Å². The molecule has 0 aliphatic carbocycles. The molecule has 2 aromatic heterocycles. The van der Waals surface area contributed by atoms with Crippen molar-refractivity contribution in [2.75, 3.05) is 5.33 Å². The highest BCUT2D eigenvalue weighted by Crippen LogP contribution is 2.05.